The standard InChI is InChI=1S/C21H22O5S/c1-20(2)25-18-17(13-23-19(22)15-9-5-3-6-10-15)24-14-21(18,26-20)27-16-11-7-4-8-12-16/h3-12,17-18H,13-14H2,1-2H3/t17-,18?,21-/m1/s1. The molecule has 2 fully saturated rings. The molecule has 2 aliphatic heterocycles. The van der Waals surface area contributed by atoms with E-state index in [1.54, 1.807) is 36.0 Å². The van der Waals surface area contributed by atoms with Gasteiger partial charge in [-0.2, -0.15) is 0 Å². The fourth-order valence-corrected chi connectivity index (χ4v) is 4.80. The summed E-state index contributed by atoms with van der Waals surface area (Å²) in [6, 6.07) is 19.0. The van der Waals surface area contributed by atoms with Gasteiger partial charge in [0.1, 0.15) is 18.8 Å². The highest BCUT2D eigenvalue weighted by atomic mass is 32.2. The summed E-state index contributed by atoms with van der Waals surface area (Å²) in [5, 5.41) is 0. The van der Waals surface area contributed by atoms with Crippen LogP contribution in [0.25, 0.3) is 0 Å². The minimum atomic E-state index is -0.724. The molecule has 1 unspecified atom stereocenters. The first-order valence-electron chi connectivity index (χ1n) is 8.93. The fourth-order valence-electron chi connectivity index (χ4n) is 3.42. The minimum absolute atomic E-state index is 0.120. The van der Waals surface area contributed by atoms with Crippen molar-refractivity contribution < 1.29 is 23.7 Å². The summed E-state index contributed by atoms with van der Waals surface area (Å²) < 4.78 is 23.8. The molecule has 0 saturated carbocycles. The first-order valence-corrected chi connectivity index (χ1v) is 9.75. The lowest BCUT2D eigenvalue weighted by Crippen LogP contribution is -2.39. The Bertz CT molecular complexity index is 795. The van der Waals surface area contributed by atoms with Crippen molar-refractivity contribution in [2.45, 2.75) is 41.7 Å². The number of hydrogen-bond acceptors (Lipinski definition) is 6. The summed E-state index contributed by atoms with van der Waals surface area (Å²) in [5.74, 6) is -1.09. The maximum absolute atomic E-state index is 12.2. The van der Waals surface area contributed by atoms with Crippen LogP contribution in [0.2, 0.25) is 0 Å². The van der Waals surface area contributed by atoms with Crippen molar-refractivity contribution in [3.8, 4) is 0 Å². The third-order valence-electron chi connectivity index (χ3n) is 4.52. The number of carbonyl (C=O) groups excluding carboxylic acids is 1. The van der Waals surface area contributed by atoms with E-state index in [1.165, 1.54) is 0 Å². The summed E-state index contributed by atoms with van der Waals surface area (Å²) >= 11 is 1.59. The van der Waals surface area contributed by atoms with Gasteiger partial charge in [-0.1, -0.05) is 48.2 Å². The molecular formula is C21H22O5S. The van der Waals surface area contributed by atoms with Crippen molar-refractivity contribution in [2.75, 3.05) is 13.2 Å². The van der Waals surface area contributed by atoms with Gasteiger partial charge in [0, 0.05) is 4.90 Å². The second kappa shape index (κ2) is 7.28. The van der Waals surface area contributed by atoms with E-state index >= 15 is 0 Å². The molecule has 2 aliphatic rings. The molecule has 0 bridgehead atoms. The molecular weight excluding hydrogens is 364 g/mol. The second-order valence-corrected chi connectivity index (χ2v) is 8.45. The van der Waals surface area contributed by atoms with Gasteiger partial charge in [-0.15, -0.1) is 0 Å². The minimum Gasteiger partial charge on any atom is -0.459 e. The van der Waals surface area contributed by atoms with E-state index in [9.17, 15) is 4.79 Å². The van der Waals surface area contributed by atoms with Crippen LogP contribution in [0, 0.1) is 0 Å². The summed E-state index contributed by atoms with van der Waals surface area (Å²) in [6.07, 6.45) is -0.711. The van der Waals surface area contributed by atoms with Crippen LogP contribution in [0.5, 0.6) is 0 Å². The summed E-state index contributed by atoms with van der Waals surface area (Å²) in [4.78, 5) is 12.7. The molecule has 2 saturated heterocycles. The Morgan fingerprint density at radius 2 is 1.78 bits per heavy atom. The number of esters is 1. The summed E-state index contributed by atoms with van der Waals surface area (Å²) in [5.41, 5.74) is 0.518. The Morgan fingerprint density at radius 1 is 1.11 bits per heavy atom. The summed E-state index contributed by atoms with van der Waals surface area (Å²) in [7, 11) is 0. The van der Waals surface area contributed by atoms with Crippen molar-refractivity contribution >= 4 is 17.7 Å². The molecule has 0 aliphatic carbocycles. The van der Waals surface area contributed by atoms with Crippen molar-refractivity contribution in [1.82, 2.24) is 0 Å². The second-order valence-electron chi connectivity index (χ2n) is 7.08. The smallest absolute Gasteiger partial charge is 0.338 e. The fraction of sp³-hybridized carbons (Fsp3) is 0.381. The first kappa shape index (κ1) is 18.5. The van der Waals surface area contributed by atoms with Gasteiger partial charge in [-0.05, 0) is 38.1 Å². The van der Waals surface area contributed by atoms with Gasteiger partial charge >= 0.3 is 5.97 Å². The van der Waals surface area contributed by atoms with Gasteiger partial charge in [0.25, 0.3) is 0 Å². The predicted octanol–water partition coefficient (Wildman–Crippen LogP) is 3.88. The average Bonchev–Trinajstić information content (AvgIpc) is 3.11. The van der Waals surface area contributed by atoms with Crippen LogP contribution in [-0.2, 0) is 18.9 Å². The third kappa shape index (κ3) is 3.89. The van der Waals surface area contributed by atoms with Gasteiger partial charge in [-0.3, -0.25) is 0 Å². The SMILES string of the molecule is CC1(C)OC2[C@@H](COC(=O)c3ccccc3)OC[C@]2(Sc2ccccc2)O1. The molecule has 3 atom stereocenters. The van der Waals surface area contributed by atoms with Crippen molar-refractivity contribution in [3.63, 3.8) is 0 Å². The summed E-state index contributed by atoms with van der Waals surface area (Å²) in [6.45, 7) is 4.28. The molecule has 27 heavy (non-hydrogen) atoms. The van der Waals surface area contributed by atoms with Gasteiger partial charge < -0.3 is 18.9 Å². The lowest BCUT2D eigenvalue weighted by molar-refractivity contribution is -0.181. The first-order chi connectivity index (χ1) is 13.0. The van der Waals surface area contributed by atoms with Gasteiger partial charge in [0.05, 0.1) is 12.2 Å². The normalized spacial score (nSPS) is 28.7. The highest BCUT2D eigenvalue weighted by Gasteiger charge is 2.62. The molecule has 2 heterocycles. The number of carbonyl (C=O) groups is 1. The highest BCUT2D eigenvalue weighted by Crippen LogP contribution is 2.52. The van der Waals surface area contributed by atoms with Crippen LogP contribution < -0.4 is 0 Å². The Hall–Kier alpha value is -1.86. The molecule has 2 aromatic carbocycles. The molecule has 5 nitrogen and oxygen atoms in total. The van der Waals surface area contributed by atoms with E-state index in [0.29, 0.717) is 12.2 Å². The molecule has 0 radical (unpaired) electrons. The van der Waals surface area contributed by atoms with E-state index < -0.39 is 10.7 Å². The molecule has 0 aromatic heterocycles. The van der Waals surface area contributed by atoms with Crippen LogP contribution in [0.3, 0.4) is 0 Å². The van der Waals surface area contributed by atoms with E-state index in [-0.39, 0.29) is 24.8 Å². The topological polar surface area (TPSA) is 54.0 Å². The number of ether oxygens (including phenoxy) is 4. The Kier molecular flexibility index (Phi) is 4.99. The Morgan fingerprint density at radius 3 is 2.48 bits per heavy atom. The van der Waals surface area contributed by atoms with E-state index in [4.69, 9.17) is 18.9 Å². The molecule has 6 heteroatoms. The zero-order valence-electron chi connectivity index (χ0n) is 15.3. The van der Waals surface area contributed by atoms with Crippen LogP contribution in [0.4, 0.5) is 0 Å². The number of hydrogen-bond donors (Lipinski definition) is 0. The number of benzene rings is 2. The monoisotopic (exact) mass is 386 g/mol. The van der Waals surface area contributed by atoms with Gasteiger partial charge in [0.15, 0.2) is 10.7 Å². The van der Waals surface area contributed by atoms with Gasteiger partial charge in [0.2, 0.25) is 0 Å². The number of rotatable bonds is 5. The Labute approximate surface area is 163 Å². The highest BCUT2D eigenvalue weighted by molar-refractivity contribution is 8.00. The van der Waals surface area contributed by atoms with Crippen LogP contribution in [0.15, 0.2) is 65.6 Å². The lowest BCUT2D eigenvalue weighted by Gasteiger charge is -2.26. The van der Waals surface area contributed by atoms with Crippen molar-refractivity contribution in [2.24, 2.45) is 0 Å². The number of fused-ring (bicyclic) bond motifs is 1. The van der Waals surface area contributed by atoms with Crippen LogP contribution in [-0.4, -0.2) is 42.1 Å². The van der Waals surface area contributed by atoms with Gasteiger partial charge in [-0.25, -0.2) is 4.79 Å². The lowest BCUT2D eigenvalue weighted by atomic mass is 10.1. The number of thioether (sulfide) groups is 1. The van der Waals surface area contributed by atoms with E-state index in [2.05, 4.69) is 0 Å². The zero-order chi connectivity index (χ0) is 18.9. The van der Waals surface area contributed by atoms with E-state index in [0.717, 1.165) is 4.90 Å². The quantitative estimate of drug-likeness (QED) is 0.727. The van der Waals surface area contributed by atoms with Crippen LogP contribution >= 0.6 is 11.8 Å². The molecule has 0 amide bonds. The largest absolute Gasteiger partial charge is 0.459 e. The molecule has 0 N–H and O–H groups in total. The molecule has 4 rings (SSSR count). The molecule has 2 aromatic rings. The predicted molar refractivity (Wildman–Crippen MR) is 102 cm³/mol. The van der Waals surface area contributed by atoms with E-state index in [1.807, 2.05) is 50.2 Å². The molecule has 0 spiro atoms. The maximum atomic E-state index is 12.2. The zero-order valence-corrected chi connectivity index (χ0v) is 16.1. The van der Waals surface area contributed by atoms with Crippen molar-refractivity contribution in [3.05, 3.63) is 66.2 Å². The molecule has 142 valence electrons. The van der Waals surface area contributed by atoms with Crippen molar-refractivity contribution in [1.29, 1.82) is 0 Å². The third-order valence-corrected chi connectivity index (χ3v) is 5.81. The van der Waals surface area contributed by atoms with Crippen LogP contribution in [0.1, 0.15) is 24.2 Å². The Balaban J connectivity index is 1.47. The average molecular weight is 386 g/mol. The maximum Gasteiger partial charge on any atom is 0.338 e.